The molecule has 2 N–H and O–H groups in total. The lowest BCUT2D eigenvalue weighted by Gasteiger charge is -2.37. The molecule has 2 atom stereocenters. The van der Waals surface area contributed by atoms with Crippen LogP contribution in [-0.4, -0.2) is 56.4 Å². The van der Waals surface area contributed by atoms with E-state index in [-0.39, 0.29) is 6.03 Å². The molecule has 2 amide bonds. The Hall–Kier alpha value is -0.810. The van der Waals surface area contributed by atoms with Gasteiger partial charge in [-0.05, 0) is 32.6 Å². The van der Waals surface area contributed by atoms with Crippen molar-refractivity contribution in [2.75, 3.05) is 39.4 Å². The molecule has 0 aromatic carbocycles. The Bertz CT molecular complexity index is 261. The third-order valence-corrected chi connectivity index (χ3v) is 3.61. The number of amides is 2. The summed E-state index contributed by atoms with van der Waals surface area (Å²) in [5, 5.41) is 5.86. The Balaban J connectivity index is 2.21. The molecule has 112 valence electrons. The van der Waals surface area contributed by atoms with E-state index >= 15 is 0 Å². The molecule has 1 fully saturated rings. The van der Waals surface area contributed by atoms with E-state index in [0.29, 0.717) is 18.5 Å². The quantitative estimate of drug-likeness (QED) is 0.689. The highest BCUT2D eigenvalue weighted by molar-refractivity contribution is 5.74. The maximum absolute atomic E-state index is 11.5. The van der Waals surface area contributed by atoms with Crippen LogP contribution in [0.4, 0.5) is 4.79 Å². The standard InChI is InChI=1S/C14H29N3O2/c1-4-15-14(18)16-13-7-9-17(11-12(13)3)8-6-10-19-5-2/h12-13H,4-11H2,1-3H3,(H2,15,16,18). The summed E-state index contributed by atoms with van der Waals surface area (Å²) in [5.41, 5.74) is 0. The zero-order chi connectivity index (χ0) is 14.1. The van der Waals surface area contributed by atoms with Crippen LogP contribution in [0.2, 0.25) is 0 Å². The highest BCUT2D eigenvalue weighted by Gasteiger charge is 2.26. The molecule has 0 radical (unpaired) electrons. The van der Waals surface area contributed by atoms with Crippen molar-refractivity contribution in [1.29, 1.82) is 0 Å². The van der Waals surface area contributed by atoms with Crippen molar-refractivity contribution in [3.63, 3.8) is 0 Å². The molecule has 19 heavy (non-hydrogen) atoms. The maximum atomic E-state index is 11.5. The molecule has 1 rings (SSSR count). The van der Waals surface area contributed by atoms with Gasteiger partial charge in [0.2, 0.25) is 0 Å². The first kappa shape index (κ1) is 16.2. The van der Waals surface area contributed by atoms with Crippen LogP contribution in [0.15, 0.2) is 0 Å². The normalized spacial score (nSPS) is 24.2. The number of carbonyl (C=O) groups excluding carboxylic acids is 1. The minimum Gasteiger partial charge on any atom is -0.382 e. The van der Waals surface area contributed by atoms with Gasteiger partial charge in [0.25, 0.3) is 0 Å². The van der Waals surface area contributed by atoms with Crippen molar-refractivity contribution < 1.29 is 9.53 Å². The summed E-state index contributed by atoms with van der Waals surface area (Å²) >= 11 is 0. The van der Waals surface area contributed by atoms with Crippen LogP contribution >= 0.6 is 0 Å². The van der Waals surface area contributed by atoms with E-state index in [1.165, 1.54) is 0 Å². The lowest BCUT2D eigenvalue weighted by atomic mass is 9.94. The minimum absolute atomic E-state index is 0.0378. The van der Waals surface area contributed by atoms with Crippen LogP contribution < -0.4 is 10.6 Å². The summed E-state index contributed by atoms with van der Waals surface area (Å²) in [7, 11) is 0. The number of hydrogen-bond acceptors (Lipinski definition) is 3. The Labute approximate surface area is 117 Å². The second-order valence-corrected chi connectivity index (χ2v) is 5.23. The molecular formula is C14H29N3O2. The van der Waals surface area contributed by atoms with Crippen LogP contribution in [0, 0.1) is 5.92 Å². The number of piperidine rings is 1. The minimum atomic E-state index is -0.0378. The van der Waals surface area contributed by atoms with E-state index in [2.05, 4.69) is 22.5 Å². The van der Waals surface area contributed by atoms with E-state index < -0.39 is 0 Å². The molecule has 0 aromatic heterocycles. The van der Waals surface area contributed by atoms with Crippen LogP contribution in [0.1, 0.15) is 33.6 Å². The van der Waals surface area contributed by atoms with Gasteiger partial charge >= 0.3 is 6.03 Å². The zero-order valence-corrected chi connectivity index (χ0v) is 12.6. The van der Waals surface area contributed by atoms with Crippen molar-refractivity contribution in [3.8, 4) is 0 Å². The van der Waals surface area contributed by atoms with Crippen LogP contribution in [-0.2, 0) is 4.74 Å². The third-order valence-electron chi connectivity index (χ3n) is 3.61. The van der Waals surface area contributed by atoms with E-state index in [1.54, 1.807) is 0 Å². The summed E-state index contributed by atoms with van der Waals surface area (Å²) in [6.07, 6.45) is 2.13. The maximum Gasteiger partial charge on any atom is 0.315 e. The molecule has 0 spiro atoms. The first-order valence-corrected chi connectivity index (χ1v) is 7.51. The van der Waals surface area contributed by atoms with Gasteiger partial charge in [0.05, 0.1) is 0 Å². The first-order valence-electron chi connectivity index (χ1n) is 7.51. The summed E-state index contributed by atoms with van der Waals surface area (Å²) in [6, 6.07) is 0.263. The fraction of sp³-hybridized carbons (Fsp3) is 0.929. The topological polar surface area (TPSA) is 53.6 Å². The number of likely N-dealkylation sites (tertiary alicyclic amines) is 1. The fourth-order valence-corrected chi connectivity index (χ4v) is 2.56. The summed E-state index contributed by atoms with van der Waals surface area (Å²) in [6.45, 7) is 11.7. The lowest BCUT2D eigenvalue weighted by molar-refractivity contribution is 0.110. The van der Waals surface area contributed by atoms with Gasteiger partial charge in [-0.3, -0.25) is 0 Å². The predicted molar refractivity (Wildman–Crippen MR) is 77.3 cm³/mol. The number of carbonyl (C=O) groups is 1. The second kappa shape index (κ2) is 9.15. The predicted octanol–water partition coefficient (Wildman–Crippen LogP) is 1.44. The Morgan fingerprint density at radius 1 is 1.42 bits per heavy atom. The van der Waals surface area contributed by atoms with E-state index in [4.69, 9.17) is 4.74 Å². The van der Waals surface area contributed by atoms with Crippen LogP contribution in [0.3, 0.4) is 0 Å². The summed E-state index contributed by atoms with van der Waals surface area (Å²) in [5.74, 6) is 0.503. The average molecular weight is 271 g/mol. The van der Waals surface area contributed by atoms with E-state index in [0.717, 1.165) is 45.7 Å². The molecule has 5 heteroatoms. The smallest absolute Gasteiger partial charge is 0.315 e. The fourth-order valence-electron chi connectivity index (χ4n) is 2.56. The van der Waals surface area contributed by atoms with Crippen molar-refractivity contribution >= 4 is 6.03 Å². The van der Waals surface area contributed by atoms with Crippen molar-refractivity contribution in [2.45, 2.75) is 39.7 Å². The van der Waals surface area contributed by atoms with Crippen LogP contribution in [0.25, 0.3) is 0 Å². The van der Waals surface area contributed by atoms with Gasteiger partial charge in [0, 0.05) is 45.4 Å². The number of hydrogen-bond donors (Lipinski definition) is 2. The van der Waals surface area contributed by atoms with E-state index in [9.17, 15) is 4.79 Å². The molecule has 1 heterocycles. The largest absolute Gasteiger partial charge is 0.382 e. The van der Waals surface area contributed by atoms with Crippen LogP contribution in [0.5, 0.6) is 0 Å². The van der Waals surface area contributed by atoms with Crippen molar-refractivity contribution in [3.05, 3.63) is 0 Å². The van der Waals surface area contributed by atoms with Gasteiger partial charge < -0.3 is 20.3 Å². The summed E-state index contributed by atoms with van der Waals surface area (Å²) in [4.78, 5) is 14.0. The second-order valence-electron chi connectivity index (χ2n) is 5.23. The molecule has 1 aliphatic rings. The molecular weight excluding hydrogens is 242 g/mol. The average Bonchev–Trinajstić information content (AvgIpc) is 2.38. The van der Waals surface area contributed by atoms with Gasteiger partial charge in [-0.25, -0.2) is 4.79 Å². The number of nitrogens with one attached hydrogen (secondary N) is 2. The monoisotopic (exact) mass is 271 g/mol. The molecule has 0 aliphatic carbocycles. The van der Waals surface area contributed by atoms with Gasteiger partial charge in [-0.1, -0.05) is 6.92 Å². The number of nitrogens with zero attached hydrogens (tertiary/aromatic N) is 1. The third kappa shape index (κ3) is 6.25. The highest BCUT2D eigenvalue weighted by atomic mass is 16.5. The molecule has 0 bridgehead atoms. The molecule has 1 aliphatic heterocycles. The van der Waals surface area contributed by atoms with Gasteiger partial charge in [0.15, 0.2) is 0 Å². The Morgan fingerprint density at radius 3 is 2.84 bits per heavy atom. The number of urea groups is 1. The number of ether oxygens (including phenoxy) is 1. The Kier molecular flexibility index (Phi) is 7.82. The molecule has 0 saturated carbocycles. The lowest BCUT2D eigenvalue weighted by Crippen LogP contribution is -2.52. The zero-order valence-electron chi connectivity index (χ0n) is 12.6. The highest BCUT2D eigenvalue weighted by Crippen LogP contribution is 2.16. The first-order chi connectivity index (χ1) is 9.17. The van der Waals surface area contributed by atoms with Gasteiger partial charge in [0.1, 0.15) is 0 Å². The van der Waals surface area contributed by atoms with Crippen molar-refractivity contribution in [2.24, 2.45) is 5.92 Å². The molecule has 1 saturated heterocycles. The SMILES string of the molecule is CCNC(=O)NC1CCN(CCCOCC)CC1C. The molecule has 5 nitrogen and oxygen atoms in total. The van der Waals surface area contributed by atoms with Gasteiger partial charge in [-0.2, -0.15) is 0 Å². The number of rotatable bonds is 7. The van der Waals surface area contributed by atoms with Crippen molar-refractivity contribution in [1.82, 2.24) is 15.5 Å². The summed E-state index contributed by atoms with van der Waals surface area (Å²) < 4.78 is 5.36. The molecule has 2 unspecified atom stereocenters. The Morgan fingerprint density at radius 2 is 2.21 bits per heavy atom. The van der Waals surface area contributed by atoms with Gasteiger partial charge in [-0.15, -0.1) is 0 Å². The molecule has 0 aromatic rings. The van der Waals surface area contributed by atoms with E-state index in [1.807, 2.05) is 13.8 Å².